The lowest BCUT2D eigenvalue weighted by atomic mass is 9.88. The minimum absolute atomic E-state index is 0.0673. The molecule has 0 aliphatic carbocycles. The molecule has 5 heteroatoms. The van der Waals surface area contributed by atoms with E-state index in [1.54, 1.807) is 7.11 Å². The first kappa shape index (κ1) is 11.5. The molecule has 1 heterocycles. The molecule has 0 bridgehead atoms. The summed E-state index contributed by atoms with van der Waals surface area (Å²) in [6.07, 6.45) is -0.178. The number of hydrogen-bond acceptors (Lipinski definition) is 4. The number of nitrogens with zero attached hydrogens (tertiary/aromatic N) is 2. The highest BCUT2D eigenvalue weighted by Gasteiger charge is 2.30. The van der Waals surface area contributed by atoms with E-state index >= 15 is 0 Å². The predicted octanol–water partition coefficient (Wildman–Crippen LogP) is 2.54. The van der Waals surface area contributed by atoms with Crippen LogP contribution in [-0.4, -0.2) is 17.3 Å². The fourth-order valence-corrected chi connectivity index (χ4v) is 1.38. The van der Waals surface area contributed by atoms with Crippen molar-refractivity contribution >= 4 is 11.6 Å². The zero-order valence-electron chi connectivity index (χ0n) is 8.87. The van der Waals surface area contributed by atoms with Gasteiger partial charge in [0.2, 0.25) is 11.7 Å². The Balaban J connectivity index is 2.90. The highest BCUT2D eigenvalue weighted by atomic mass is 35.5. The van der Waals surface area contributed by atoms with Crippen molar-refractivity contribution in [3.05, 3.63) is 11.7 Å². The molecule has 14 heavy (non-hydrogen) atoms. The second-order valence-electron chi connectivity index (χ2n) is 4.16. The molecule has 1 aromatic heterocycles. The van der Waals surface area contributed by atoms with Crippen molar-refractivity contribution in [2.75, 3.05) is 7.11 Å². The van der Waals surface area contributed by atoms with E-state index in [1.807, 2.05) is 0 Å². The zero-order chi connectivity index (χ0) is 10.8. The molecule has 0 N–H and O–H groups in total. The first-order valence-electron chi connectivity index (χ1n) is 4.40. The van der Waals surface area contributed by atoms with Crippen molar-refractivity contribution in [1.29, 1.82) is 0 Å². The maximum atomic E-state index is 5.57. The number of methoxy groups -OCH3 is 1. The highest BCUT2D eigenvalue weighted by Crippen LogP contribution is 2.33. The molecule has 0 amide bonds. The van der Waals surface area contributed by atoms with Gasteiger partial charge in [-0.25, -0.2) is 0 Å². The third-order valence-corrected chi connectivity index (χ3v) is 2.08. The van der Waals surface area contributed by atoms with Crippen LogP contribution in [0.1, 0.15) is 38.6 Å². The van der Waals surface area contributed by atoms with Crippen molar-refractivity contribution in [3.63, 3.8) is 0 Å². The molecule has 0 aromatic carbocycles. The summed E-state index contributed by atoms with van der Waals surface area (Å²) in [7, 11) is 1.63. The van der Waals surface area contributed by atoms with Crippen molar-refractivity contribution in [2.45, 2.75) is 32.8 Å². The Hall–Kier alpha value is -0.610. The number of rotatable bonds is 3. The fourth-order valence-electron chi connectivity index (χ4n) is 1.28. The highest BCUT2D eigenvalue weighted by molar-refractivity contribution is 6.16. The molecule has 0 aliphatic heterocycles. The number of alkyl halides is 1. The first-order valence-corrected chi connectivity index (χ1v) is 4.93. The summed E-state index contributed by atoms with van der Waals surface area (Å²) in [5, 5.41) is 3.83. The van der Waals surface area contributed by atoms with E-state index in [1.165, 1.54) is 0 Å². The Morgan fingerprint density at radius 2 is 2.14 bits per heavy atom. The molecule has 4 nitrogen and oxygen atoms in total. The van der Waals surface area contributed by atoms with Crippen LogP contribution in [0.3, 0.4) is 0 Å². The molecule has 0 fully saturated rings. The lowest BCUT2D eigenvalue weighted by Gasteiger charge is -2.26. The minimum Gasteiger partial charge on any atom is -0.373 e. The maximum absolute atomic E-state index is 5.57. The predicted molar refractivity (Wildman–Crippen MR) is 53.1 cm³/mol. The summed E-state index contributed by atoms with van der Waals surface area (Å²) in [5.41, 5.74) is -0.0673. The van der Waals surface area contributed by atoms with Crippen LogP contribution in [0, 0.1) is 5.41 Å². The Morgan fingerprint density at radius 3 is 2.50 bits per heavy atom. The smallest absolute Gasteiger partial charge is 0.241 e. The van der Waals surface area contributed by atoms with E-state index < -0.39 is 0 Å². The summed E-state index contributed by atoms with van der Waals surface area (Å²) in [6, 6.07) is 0. The van der Waals surface area contributed by atoms with E-state index in [0.717, 1.165) is 0 Å². The van der Waals surface area contributed by atoms with Crippen LogP contribution >= 0.6 is 11.6 Å². The fraction of sp³-hybridized carbons (Fsp3) is 0.778. The topological polar surface area (TPSA) is 48.2 Å². The van der Waals surface area contributed by atoms with Gasteiger partial charge in [-0.1, -0.05) is 25.9 Å². The van der Waals surface area contributed by atoms with Crippen LogP contribution in [0.5, 0.6) is 0 Å². The monoisotopic (exact) mass is 218 g/mol. The van der Waals surface area contributed by atoms with Crippen LogP contribution in [0.4, 0.5) is 0 Å². The lowest BCUT2D eigenvalue weighted by molar-refractivity contribution is 0.00718. The van der Waals surface area contributed by atoms with Crippen molar-refractivity contribution in [2.24, 2.45) is 5.41 Å². The van der Waals surface area contributed by atoms with Crippen LogP contribution in [0.2, 0.25) is 0 Å². The van der Waals surface area contributed by atoms with Gasteiger partial charge in [-0.2, -0.15) is 4.98 Å². The second kappa shape index (κ2) is 4.28. The standard InChI is InChI=1S/C9H15ClN2O2/c1-9(2,3)7(13-4)8-11-6(5-10)14-12-8/h7H,5H2,1-4H3. The van der Waals surface area contributed by atoms with Crippen LogP contribution in [0.15, 0.2) is 4.52 Å². The SMILES string of the molecule is COC(c1noc(CCl)n1)C(C)(C)C. The maximum Gasteiger partial charge on any atom is 0.241 e. The molecule has 1 aromatic rings. The van der Waals surface area contributed by atoms with Gasteiger partial charge in [-0.15, -0.1) is 11.6 Å². The van der Waals surface area contributed by atoms with Gasteiger partial charge >= 0.3 is 0 Å². The number of halogens is 1. The average Bonchev–Trinajstić information content (AvgIpc) is 2.51. The largest absolute Gasteiger partial charge is 0.373 e. The normalized spacial score (nSPS) is 14.4. The van der Waals surface area contributed by atoms with Crippen molar-refractivity contribution in [3.8, 4) is 0 Å². The van der Waals surface area contributed by atoms with Gasteiger partial charge in [-0.3, -0.25) is 0 Å². The van der Waals surface area contributed by atoms with E-state index in [4.69, 9.17) is 20.9 Å². The van der Waals surface area contributed by atoms with Gasteiger partial charge in [0.15, 0.2) is 0 Å². The Kier molecular flexibility index (Phi) is 3.50. The molecule has 0 radical (unpaired) electrons. The minimum atomic E-state index is -0.178. The molecule has 1 unspecified atom stereocenters. The van der Waals surface area contributed by atoms with Gasteiger partial charge in [0, 0.05) is 7.11 Å². The molecule has 0 spiro atoms. The Labute approximate surface area is 88.6 Å². The summed E-state index contributed by atoms with van der Waals surface area (Å²) >= 11 is 5.57. The summed E-state index contributed by atoms with van der Waals surface area (Å²) in [6.45, 7) is 6.16. The third kappa shape index (κ3) is 2.45. The molecule has 0 saturated carbocycles. The molecule has 1 rings (SSSR count). The molecular weight excluding hydrogens is 204 g/mol. The number of aromatic nitrogens is 2. The first-order chi connectivity index (χ1) is 6.49. The van der Waals surface area contributed by atoms with Gasteiger partial charge in [0.25, 0.3) is 0 Å². The average molecular weight is 219 g/mol. The van der Waals surface area contributed by atoms with Crippen LogP contribution < -0.4 is 0 Å². The van der Waals surface area contributed by atoms with Gasteiger partial charge in [0.05, 0.1) is 0 Å². The summed E-state index contributed by atoms with van der Waals surface area (Å²) in [5.74, 6) is 1.21. The summed E-state index contributed by atoms with van der Waals surface area (Å²) < 4.78 is 10.2. The molecule has 0 aliphatic rings. The van der Waals surface area contributed by atoms with Gasteiger partial charge in [0.1, 0.15) is 12.0 Å². The molecule has 0 saturated heterocycles. The van der Waals surface area contributed by atoms with E-state index in [2.05, 4.69) is 30.9 Å². The third-order valence-electron chi connectivity index (χ3n) is 1.85. The zero-order valence-corrected chi connectivity index (χ0v) is 9.63. The molecule has 80 valence electrons. The van der Waals surface area contributed by atoms with E-state index in [-0.39, 0.29) is 17.4 Å². The van der Waals surface area contributed by atoms with Gasteiger partial charge in [-0.05, 0) is 5.41 Å². The second-order valence-corrected chi connectivity index (χ2v) is 4.43. The lowest BCUT2D eigenvalue weighted by Crippen LogP contribution is -2.21. The number of hydrogen-bond donors (Lipinski definition) is 0. The Bertz CT molecular complexity index is 293. The van der Waals surface area contributed by atoms with Crippen molar-refractivity contribution < 1.29 is 9.26 Å². The van der Waals surface area contributed by atoms with Crippen LogP contribution in [-0.2, 0) is 10.6 Å². The van der Waals surface area contributed by atoms with Crippen molar-refractivity contribution in [1.82, 2.24) is 10.1 Å². The molecule has 1 atom stereocenters. The van der Waals surface area contributed by atoms with E-state index in [0.29, 0.717) is 11.7 Å². The number of ether oxygens (including phenoxy) is 1. The summed E-state index contributed by atoms with van der Waals surface area (Å²) in [4.78, 5) is 4.13. The Morgan fingerprint density at radius 1 is 1.50 bits per heavy atom. The van der Waals surface area contributed by atoms with Gasteiger partial charge < -0.3 is 9.26 Å². The molecular formula is C9H15ClN2O2. The quantitative estimate of drug-likeness (QED) is 0.732. The van der Waals surface area contributed by atoms with E-state index in [9.17, 15) is 0 Å². The van der Waals surface area contributed by atoms with Crippen LogP contribution in [0.25, 0.3) is 0 Å².